The fraction of sp³-hybridized carbons (Fsp3) is 0.200. The van der Waals surface area contributed by atoms with Gasteiger partial charge in [0.05, 0.1) is 12.8 Å². The van der Waals surface area contributed by atoms with Crippen molar-refractivity contribution < 1.29 is 17.9 Å². The number of anilines is 1. The lowest BCUT2D eigenvalue weighted by molar-refractivity contribution is 0.102. The van der Waals surface area contributed by atoms with Gasteiger partial charge in [0, 0.05) is 30.2 Å². The Labute approximate surface area is 179 Å². The van der Waals surface area contributed by atoms with Crippen LogP contribution in [0.4, 0.5) is 5.82 Å². The Morgan fingerprint density at radius 3 is 2.47 bits per heavy atom. The van der Waals surface area contributed by atoms with Gasteiger partial charge < -0.3 is 10.1 Å². The zero-order chi connectivity index (χ0) is 21.9. The van der Waals surface area contributed by atoms with Crippen LogP contribution in [-0.4, -0.2) is 31.2 Å². The molecule has 10 heteroatoms. The maximum absolute atomic E-state index is 12.9. The van der Waals surface area contributed by atoms with Gasteiger partial charge in [0.2, 0.25) is 10.0 Å². The zero-order valence-electron chi connectivity index (χ0n) is 16.6. The summed E-state index contributed by atoms with van der Waals surface area (Å²) >= 11 is 5.85. The number of nitrogens with zero attached hydrogens (tertiary/aromatic N) is 2. The van der Waals surface area contributed by atoms with Crippen molar-refractivity contribution in [2.45, 2.75) is 18.4 Å². The Bertz CT molecular complexity index is 1170. The second-order valence-electron chi connectivity index (χ2n) is 6.57. The van der Waals surface area contributed by atoms with Gasteiger partial charge in [-0.25, -0.2) is 13.1 Å². The minimum absolute atomic E-state index is 0.0629. The molecule has 2 aromatic carbocycles. The summed E-state index contributed by atoms with van der Waals surface area (Å²) in [5.41, 5.74) is 1.65. The van der Waals surface area contributed by atoms with Crippen molar-refractivity contribution in [2.75, 3.05) is 12.4 Å². The molecule has 3 rings (SSSR count). The van der Waals surface area contributed by atoms with Gasteiger partial charge in [-0.2, -0.15) is 5.10 Å². The first-order valence-electron chi connectivity index (χ1n) is 8.94. The quantitative estimate of drug-likeness (QED) is 0.578. The normalized spacial score (nSPS) is 11.3. The number of sulfonamides is 1. The summed E-state index contributed by atoms with van der Waals surface area (Å²) in [5, 5.41) is 7.45. The highest BCUT2D eigenvalue weighted by atomic mass is 35.5. The van der Waals surface area contributed by atoms with Crippen LogP contribution in [0.5, 0.6) is 5.75 Å². The highest BCUT2D eigenvalue weighted by Crippen LogP contribution is 2.26. The van der Waals surface area contributed by atoms with Gasteiger partial charge in [-0.1, -0.05) is 23.7 Å². The fourth-order valence-electron chi connectivity index (χ4n) is 2.80. The van der Waals surface area contributed by atoms with Crippen LogP contribution in [0.3, 0.4) is 0 Å². The summed E-state index contributed by atoms with van der Waals surface area (Å²) in [7, 11) is -0.881. The number of nitrogens with one attached hydrogen (secondary N) is 2. The number of ether oxygens (including phenoxy) is 1. The number of benzene rings is 2. The van der Waals surface area contributed by atoms with Crippen LogP contribution in [0.1, 0.15) is 21.6 Å². The summed E-state index contributed by atoms with van der Waals surface area (Å²) in [4.78, 5) is 12.5. The molecule has 0 aliphatic carbocycles. The third kappa shape index (κ3) is 4.99. The highest BCUT2D eigenvalue weighted by Gasteiger charge is 2.22. The molecule has 1 heterocycles. The number of aryl methyl sites for hydroxylation is 2. The van der Waals surface area contributed by atoms with E-state index in [0.29, 0.717) is 10.8 Å². The van der Waals surface area contributed by atoms with E-state index in [9.17, 15) is 13.2 Å². The van der Waals surface area contributed by atoms with Gasteiger partial charge in [0.25, 0.3) is 5.91 Å². The number of halogens is 1. The molecule has 0 bridgehead atoms. The smallest absolute Gasteiger partial charge is 0.256 e. The van der Waals surface area contributed by atoms with E-state index in [-0.39, 0.29) is 22.8 Å². The predicted molar refractivity (Wildman–Crippen MR) is 114 cm³/mol. The number of aromatic nitrogens is 2. The molecule has 0 saturated carbocycles. The van der Waals surface area contributed by atoms with Crippen molar-refractivity contribution in [3.8, 4) is 5.75 Å². The van der Waals surface area contributed by atoms with Crippen molar-refractivity contribution >= 4 is 33.3 Å². The molecule has 0 atom stereocenters. The molecule has 2 N–H and O–H groups in total. The zero-order valence-corrected chi connectivity index (χ0v) is 18.2. The Kier molecular flexibility index (Phi) is 6.45. The Morgan fingerprint density at radius 2 is 1.87 bits per heavy atom. The third-order valence-electron chi connectivity index (χ3n) is 4.34. The van der Waals surface area contributed by atoms with E-state index in [1.807, 2.05) is 0 Å². The molecular weight excluding hydrogens is 428 g/mol. The summed E-state index contributed by atoms with van der Waals surface area (Å²) in [6.07, 6.45) is 0. The maximum atomic E-state index is 12.9. The van der Waals surface area contributed by atoms with Gasteiger partial charge >= 0.3 is 0 Å². The largest absolute Gasteiger partial charge is 0.495 e. The number of rotatable bonds is 7. The van der Waals surface area contributed by atoms with Crippen LogP contribution in [0.2, 0.25) is 5.02 Å². The summed E-state index contributed by atoms with van der Waals surface area (Å²) < 4.78 is 35.0. The lowest BCUT2D eigenvalue weighted by Gasteiger charge is -2.13. The third-order valence-corrected chi connectivity index (χ3v) is 6.01. The first-order valence-corrected chi connectivity index (χ1v) is 10.8. The molecule has 1 aromatic heterocycles. The Hall–Kier alpha value is -2.88. The predicted octanol–water partition coefficient (Wildman–Crippen LogP) is 3.12. The molecule has 1 amide bonds. The lowest BCUT2D eigenvalue weighted by atomic mass is 10.2. The molecule has 8 nitrogen and oxygen atoms in total. The first kappa shape index (κ1) is 21.8. The summed E-state index contributed by atoms with van der Waals surface area (Å²) in [5.74, 6) is 0.167. The monoisotopic (exact) mass is 448 g/mol. The molecule has 0 radical (unpaired) electrons. The minimum atomic E-state index is -3.95. The number of carbonyl (C=O) groups is 1. The van der Waals surface area contributed by atoms with Crippen molar-refractivity contribution in [1.29, 1.82) is 0 Å². The van der Waals surface area contributed by atoms with Crippen molar-refractivity contribution in [1.82, 2.24) is 14.5 Å². The van der Waals surface area contributed by atoms with Crippen molar-refractivity contribution in [3.05, 3.63) is 70.4 Å². The number of methoxy groups -OCH3 is 1. The number of carbonyl (C=O) groups excluding carboxylic acids is 1. The first-order chi connectivity index (χ1) is 14.2. The second-order valence-corrected chi connectivity index (χ2v) is 8.74. The fourth-order valence-corrected chi connectivity index (χ4v) is 4.14. The molecule has 0 fully saturated rings. The summed E-state index contributed by atoms with van der Waals surface area (Å²) in [6, 6.07) is 12.7. The molecule has 0 unspecified atom stereocenters. The van der Waals surface area contributed by atoms with Crippen LogP contribution in [-0.2, 0) is 23.6 Å². The summed E-state index contributed by atoms with van der Waals surface area (Å²) in [6.45, 7) is 1.87. The van der Waals surface area contributed by atoms with Gasteiger partial charge in [-0.15, -0.1) is 0 Å². The van der Waals surface area contributed by atoms with Gasteiger partial charge in [0.15, 0.2) is 0 Å². The second kappa shape index (κ2) is 8.86. The topological polar surface area (TPSA) is 102 Å². The van der Waals surface area contributed by atoms with E-state index >= 15 is 0 Å². The Balaban J connectivity index is 1.84. The molecule has 0 saturated heterocycles. The average Bonchev–Trinajstić information content (AvgIpc) is 3.03. The van der Waals surface area contributed by atoms with E-state index < -0.39 is 15.9 Å². The van der Waals surface area contributed by atoms with E-state index in [2.05, 4.69) is 15.1 Å². The molecule has 158 valence electrons. The lowest BCUT2D eigenvalue weighted by Crippen LogP contribution is -2.24. The number of hydrogen-bond donors (Lipinski definition) is 2. The van der Waals surface area contributed by atoms with E-state index in [0.717, 1.165) is 11.3 Å². The van der Waals surface area contributed by atoms with Crippen LogP contribution < -0.4 is 14.8 Å². The molecule has 0 spiro atoms. The number of hydrogen-bond acceptors (Lipinski definition) is 5. The molecule has 30 heavy (non-hydrogen) atoms. The maximum Gasteiger partial charge on any atom is 0.256 e. The van der Waals surface area contributed by atoms with E-state index in [4.69, 9.17) is 16.3 Å². The standard InChI is InChI=1S/C20H21ClN4O4S/c1-13-10-19(25(2)24-13)23-20(26)15-6-9-17(29-3)18(11-15)30(27,28)22-12-14-4-7-16(21)8-5-14/h4-11,22H,12H2,1-3H3,(H,23,26). The van der Waals surface area contributed by atoms with Crippen LogP contribution in [0, 0.1) is 6.92 Å². The van der Waals surface area contributed by atoms with Crippen molar-refractivity contribution in [2.24, 2.45) is 7.05 Å². The Morgan fingerprint density at radius 1 is 1.17 bits per heavy atom. The van der Waals surface area contributed by atoms with Crippen molar-refractivity contribution in [3.63, 3.8) is 0 Å². The van der Waals surface area contributed by atoms with Gasteiger partial charge in [-0.3, -0.25) is 9.48 Å². The van der Waals surface area contributed by atoms with Crippen LogP contribution in [0.25, 0.3) is 0 Å². The van der Waals surface area contributed by atoms with Gasteiger partial charge in [0.1, 0.15) is 16.5 Å². The average molecular weight is 449 g/mol. The van der Waals surface area contributed by atoms with Crippen LogP contribution in [0.15, 0.2) is 53.4 Å². The van der Waals surface area contributed by atoms with Crippen LogP contribution >= 0.6 is 11.6 Å². The molecule has 0 aliphatic rings. The minimum Gasteiger partial charge on any atom is -0.495 e. The highest BCUT2D eigenvalue weighted by molar-refractivity contribution is 7.89. The van der Waals surface area contributed by atoms with Gasteiger partial charge in [-0.05, 0) is 42.8 Å². The van der Waals surface area contributed by atoms with E-state index in [1.165, 1.54) is 30.0 Å². The number of amides is 1. The molecule has 3 aromatic rings. The molecular formula is C20H21ClN4O4S. The SMILES string of the molecule is COc1ccc(C(=O)Nc2cc(C)nn2C)cc1S(=O)(=O)NCc1ccc(Cl)cc1. The molecule has 0 aliphatic heterocycles. The van der Waals surface area contributed by atoms with E-state index in [1.54, 1.807) is 44.3 Å².